The second kappa shape index (κ2) is 9.82. The first-order valence-electron chi connectivity index (χ1n) is 7.95. The largest absolute Gasteiger partial charge is 0.379 e. The van der Waals surface area contributed by atoms with Gasteiger partial charge in [-0.15, -0.1) is 0 Å². The molecule has 0 amide bonds. The normalized spacial score (nSPS) is 20.1. The molecule has 2 heterocycles. The SMILES string of the molecule is CN=C(NCCCOC1CCOC1)NCC(C)c1ccsc1. The fraction of sp³-hybridized carbons (Fsp3) is 0.688. The molecular weight excluding hydrogens is 298 g/mol. The lowest BCUT2D eigenvalue weighted by Crippen LogP contribution is -2.39. The van der Waals surface area contributed by atoms with Gasteiger partial charge in [-0.2, -0.15) is 11.3 Å². The molecule has 22 heavy (non-hydrogen) atoms. The number of ether oxygens (including phenoxy) is 2. The molecule has 1 aliphatic heterocycles. The van der Waals surface area contributed by atoms with E-state index in [0.717, 1.165) is 51.7 Å². The van der Waals surface area contributed by atoms with Crippen molar-refractivity contribution < 1.29 is 9.47 Å². The molecule has 124 valence electrons. The molecule has 0 spiro atoms. The molecule has 0 bridgehead atoms. The summed E-state index contributed by atoms with van der Waals surface area (Å²) in [6, 6.07) is 2.18. The number of nitrogens with zero attached hydrogens (tertiary/aromatic N) is 1. The Bertz CT molecular complexity index is 431. The van der Waals surface area contributed by atoms with E-state index in [1.54, 1.807) is 18.4 Å². The molecule has 1 saturated heterocycles. The highest BCUT2D eigenvalue weighted by molar-refractivity contribution is 7.07. The van der Waals surface area contributed by atoms with Crippen molar-refractivity contribution in [1.29, 1.82) is 0 Å². The minimum absolute atomic E-state index is 0.295. The second-order valence-electron chi connectivity index (χ2n) is 5.55. The van der Waals surface area contributed by atoms with Gasteiger partial charge in [-0.1, -0.05) is 6.92 Å². The van der Waals surface area contributed by atoms with Crippen molar-refractivity contribution in [3.05, 3.63) is 22.4 Å². The zero-order valence-corrected chi connectivity index (χ0v) is 14.3. The van der Waals surface area contributed by atoms with Gasteiger partial charge < -0.3 is 20.1 Å². The van der Waals surface area contributed by atoms with E-state index >= 15 is 0 Å². The van der Waals surface area contributed by atoms with Crippen LogP contribution in [0.5, 0.6) is 0 Å². The molecular formula is C16H27N3O2S. The first-order valence-corrected chi connectivity index (χ1v) is 8.90. The number of aliphatic imine (C=N–C) groups is 1. The summed E-state index contributed by atoms with van der Waals surface area (Å²) in [4.78, 5) is 4.25. The predicted octanol–water partition coefficient (Wildman–Crippen LogP) is 2.21. The molecule has 1 aromatic rings. The topological polar surface area (TPSA) is 54.9 Å². The van der Waals surface area contributed by atoms with Crippen LogP contribution in [0.4, 0.5) is 0 Å². The quantitative estimate of drug-likeness (QED) is 0.437. The molecule has 2 unspecified atom stereocenters. The van der Waals surface area contributed by atoms with Crippen molar-refractivity contribution in [2.75, 3.05) is 40.0 Å². The summed E-state index contributed by atoms with van der Waals surface area (Å²) in [5.74, 6) is 1.33. The van der Waals surface area contributed by atoms with E-state index in [0.29, 0.717) is 12.0 Å². The molecule has 0 aliphatic carbocycles. The Labute approximate surface area is 137 Å². The van der Waals surface area contributed by atoms with Crippen molar-refractivity contribution in [2.45, 2.75) is 31.8 Å². The number of thiophene rings is 1. The van der Waals surface area contributed by atoms with Crippen LogP contribution in [0.15, 0.2) is 21.8 Å². The van der Waals surface area contributed by atoms with Crippen molar-refractivity contribution in [3.8, 4) is 0 Å². The molecule has 5 nitrogen and oxygen atoms in total. The molecule has 2 rings (SSSR count). The Morgan fingerprint density at radius 3 is 3.14 bits per heavy atom. The molecule has 0 aromatic carbocycles. The highest BCUT2D eigenvalue weighted by atomic mass is 32.1. The third-order valence-electron chi connectivity index (χ3n) is 3.77. The van der Waals surface area contributed by atoms with Crippen LogP contribution < -0.4 is 10.6 Å². The van der Waals surface area contributed by atoms with Gasteiger partial charge in [0.15, 0.2) is 5.96 Å². The maximum atomic E-state index is 5.74. The lowest BCUT2D eigenvalue weighted by Gasteiger charge is -2.16. The summed E-state index contributed by atoms with van der Waals surface area (Å²) < 4.78 is 11.0. The molecule has 2 atom stereocenters. The summed E-state index contributed by atoms with van der Waals surface area (Å²) in [5.41, 5.74) is 1.38. The van der Waals surface area contributed by atoms with Gasteiger partial charge in [0, 0.05) is 33.4 Å². The monoisotopic (exact) mass is 325 g/mol. The molecule has 0 radical (unpaired) electrons. The molecule has 0 saturated carbocycles. The highest BCUT2D eigenvalue weighted by Crippen LogP contribution is 2.16. The van der Waals surface area contributed by atoms with E-state index in [4.69, 9.17) is 9.47 Å². The van der Waals surface area contributed by atoms with E-state index in [1.807, 2.05) is 0 Å². The second-order valence-corrected chi connectivity index (χ2v) is 6.33. The van der Waals surface area contributed by atoms with Crippen LogP contribution in [0.25, 0.3) is 0 Å². The van der Waals surface area contributed by atoms with Crippen LogP contribution in [0.1, 0.15) is 31.2 Å². The summed E-state index contributed by atoms with van der Waals surface area (Å²) in [6.45, 7) is 6.31. The zero-order valence-electron chi connectivity index (χ0n) is 13.5. The van der Waals surface area contributed by atoms with Gasteiger partial charge in [-0.05, 0) is 41.1 Å². The molecule has 6 heteroatoms. The standard InChI is InChI=1S/C16H27N3O2S/c1-13(14-5-9-22-12-14)10-19-16(17-2)18-6-3-7-21-15-4-8-20-11-15/h5,9,12-13,15H,3-4,6-8,10-11H2,1-2H3,(H2,17,18,19). The minimum atomic E-state index is 0.295. The Balaban J connectivity index is 1.55. The molecule has 1 fully saturated rings. The number of guanidine groups is 1. The van der Waals surface area contributed by atoms with E-state index in [2.05, 4.69) is 39.4 Å². The van der Waals surface area contributed by atoms with Crippen LogP contribution in [0, 0.1) is 0 Å². The average Bonchev–Trinajstić information content (AvgIpc) is 3.22. The van der Waals surface area contributed by atoms with Crippen LogP contribution in [0.2, 0.25) is 0 Å². The van der Waals surface area contributed by atoms with Crippen LogP contribution >= 0.6 is 11.3 Å². The first kappa shape index (κ1) is 17.2. The minimum Gasteiger partial charge on any atom is -0.379 e. The van der Waals surface area contributed by atoms with Gasteiger partial charge >= 0.3 is 0 Å². The smallest absolute Gasteiger partial charge is 0.190 e. The van der Waals surface area contributed by atoms with Gasteiger partial charge in [0.25, 0.3) is 0 Å². The summed E-state index contributed by atoms with van der Waals surface area (Å²) in [6.07, 6.45) is 2.29. The maximum Gasteiger partial charge on any atom is 0.190 e. The fourth-order valence-electron chi connectivity index (χ4n) is 2.32. The lowest BCUT2D eigenvalue weighted by molar-refractivity contribution is 0.0420. The van der Waals surface area contributed by atoms with E-state index in [1.165, 1.54) is 5.56 Å². The van der Waals surface area contributed by atoms with Crippen molar-refractivity contribution in [1.82, 2.24) is 10.6 Å². The Kier molecular flexibility index (Phi) is 7.70. The van der Waals surface area contributed by atoms with Crippen LogP contribution in [-0.4, -0.2) is 52.0 Å². The number of hydrogen-bond acceptors (Lipinski definition) is 4. The fourth-order valence-corrected chi connectivity index (χ4v) is 3.10. The average molecular weight is 325 g/mol. The summed E-state index contributed by atoms with van der Waals surface area (Å²) >= 11 is 1.74. The first-order chi connectivity index (χ1) is 10.8. The van der Waals surface area contributed by atoms with Gasteiger partial charge in [0.2, 0.25) is 0 Å². The van der Waals surface area contributed by atoms with Crippen molar-refractivity contribution in [3.63, 3.8) is 0 Å². The van der Waals surface area contributed by atoms with Gasteiger partial charge in [-0.3, -0.25) is 4.99 Å². The third kappa shape index (κ3) is 5.94. The van der Waals surface area contributed by atoms with E-state index < -0.39 is 0 Å². The lowest BCUT2D eigenvalue weighted by atomic mass is 10.1. The Morgan fingerprint density at radius 1 is 1.55 bits per heavy atom. The molecule has 2 N–H and O–H groups in total. The van der Waals surface area contributed by atoms with Crippen LogP contribution in [-0.2, 0) is 9.47 Å². The van der Waals surface area contributed by atoms with Gasteiger partial charge in [0.05, 0.1) is 12.7 Å². The Hall–Kier alpha value is -1.11. The maximum absolute atomic E-state index is 5.74. The third-order valence-corrected chi connectivity index (χ3v) is 4.47. The van der Waals surface area contributed by atoms with Crippen LogP contribution in [0.3, 0.4) is 0 Å². The summed E-state index contributed by atoms with van der Waals surface area (Å²) in [5, 5.41) is 11.0. The molecule has 1 aliphatic rings. The number of hydrogen-bond donors (Lipinski definition) is 2. The van der Waals surface area contributed by atoms with Crippen molar-refractivity contribution >= 4 is 17.3 Å². The van der Waals surface area contributed by atoms with Crippen molar-refractivity contribution in [2.24, 2.45) is 4.99 Å². The predicted molar refractivity (Wildman–Crippen MR) is 91.9 cm³/mol. The number of rotatable bonds is 8. The summed E-state index contributed by atoms with van der Waals surface area (Å²) in [7, 11) is 1.80. The van der Waals surface area contributed by atoms with Gasteiger partial charge in [-0.25, -0.2) is 0 Å². The Morgan fingerprint density at radius 2 is 2.45 bits per heavy atom. The highest BCUT2D eigenvalue weighted by Gasteiger charge is 2.15. The van der Waals surface area contributed by atoms with E-state index in [-0.39, 0.29) is 0 Å². The molecule has 1 aromatic heterocycles. The zero-order chi connectivity index (χ0) is 15.6. The van der Waals surface area contributed by atoms with E-state index in [9.17, 15) is 0 Å². The number of nitrogens with one attached hydrogen (secondary N) is 2. The van der Waals surface area contributed by atoms with Gasteiger partial charge in [0.1, 0.15) is 0 Å².